The first-order valence-electron chi connectivity index (χ1n) is 5.66. The second-order valence-electron chi connectivity index (χ2n) is 4.18. The van der Waals surface area contributed by atoms with E-state index in [0.29, 0.717) is 11.3 Å². The van der Waals surface area contributed by atoms with Gasteiger partial charge in [0.25, 0.3) is 0 Å². The highest BCUT2D eigenvalue weighted by molar-refractivity contribution is 7.91. The molecule has 0 aromatic heterocycles. The van der Waals surface area contributed by atoms with Crippen molar-refractivity contribution < 1.29 is 12.8 Å². The fourth-order valence-electron chi connectivity index (χ4n) is 1.65. The van der Waals surface area contributed by atoms with Crippen molar-refractivity contribution in [3.8, 4) is 0 Å². The molecule has 2 aromatic carbocycles. The fraction of sp³-hybridized carbons (Fsp3) is 0.0769. The summed E-state index contributed by atoms with van der Waals surface area (Å²) in [4.78, 5) is 0. The van der Waals surface area contributed by atoms with Crippen LogP contribution in [0.1, 0.15) is 5.56 Å². The zero-order chi connectivity index (χ0) is 14.8. The zero-order valence-electron chi connectivity index (χ0n) is 10.3. The van der Waals surface area contributed by atoms with Crippen LogP contribution >= 0.6 is 11.6 Å². The van der Waals surface area contributed by atoms with Crippen LogP contribution in [0.3, 0.4) is 0 Å². The molecule has 0 radical (unpaired) electrons. The summed E-state index contributed by atoms with van der Waals surface area (Å²) in [6.45, 7) is 0. The molecule has 0 atom stereocenters. The highest BCUT2D eigenvalue weighted by atomic mass is 35.5. The topological polar surface area (TPSA) is 72.2 Å². The highest BCUT2D eigenvalue weighted by Crippen LogP contribution is 2.24. The molecule has 0 aliphatic heterocycles. The Labute approximate surface area is 121 Å². The molecule has 2 aromatic rings. The van der Waals surface area contributed by atoms with Crippen molar-refractivity contribution in [1.82, 2.24) is 0 Å². The van der Waals surface area contributed by atoms with E-state index in [1.54, 1.807) is 24.3 Å². The molecule has 0 aliphatic rings. The van der Waals surface area contributed by atoms with Gasteiger partial charge >= 0.3 is 0 Å². The molecular weight excluding hydrogens is 303 g/mol. The van der Waals surface area contributed by atoms with E-state index >= 15 is 0 Å². The minimum atomic E-state index is -3.73. The quantitative estimate of drug-likeness (QED) is 0.852. The van der Waals surface area contributed by atoms with E-state index in [0.717, 1.165) is 12.1 Å². The van der Waals surface area contributed by atoms with Gasteiger partial charge in [0.2, 0.25) is 10.0 Å². The monoisotopic (exact) mass is 314 g/mol. The lowest BCUT2D eigenvalue weighted by molar-refractivity contribution is 0.600. The van der Waals surface area contributed by atoms with Gasteiger partial charge in [-0.25, -0.2) is 12.8 Å². The molecule has 0 bridgehead atoms. The van der Waals surface area contributed by atoms with Crippen LogP contribution in [0.25, 0.3) is 0 Å². The molecule has 0 unspecified atom stereocenters. The highest BCUT2D eigenvalue weighted by Gasteiger charge is 2.15. The lowest BCUT2D eigenvalue weighted by Crippen LogP contribution is -2.16. The zero-order valence-corrected chi connectivity index (χ0v) is 11.9. The summed E-state index contributed by atoms with van der Waals surface area (Å²) >= 11 is 5.82. The minimum Gasteiger partial charge on any atom is -0.398 e. The van der Waals surface area contributed by atoms with Gasteiger partial charge < -0.3 is 5.73 Å². The Morgan fingerprint density at radius 1 is 1.20 bits per heavy atom. The molecule has 0 spiro atoms. The molecule has 106 valence electrons. The number of nitrogen functional groups attached to an aromatic ring is 1. The minimum absolute atomic E-state index is 0.00108. The Balaban J connectivity index is 2.24. The van der Waals surface area contributed by atoms with Crippen LogP contribution < -0.4 is 10.5 Å². The van der Waals surface area contributed by atoms with Gasteiger partial charge in [-0.3, -0.25) is 4.72 Å². The third kappa shape index (κ3) is 3.61. The van der Waals surface area contributed by atoms with Crippen molar-refractivity contribution in [1.29, 1.82) is 0 Å². The Morgan fingerprint density at radius 2 is 1.90 bits per heavy atom. The second kappa shape index (κ2) is 5.68. The number of anilines is 2. The normalized spacial score (nSPS) is 11.3. The average Bonchev–Trinajstić information content (AvgIpc) is 2.36. The summed E-state index contributed by atoms with van der Waals surface area (Å²) in [7, 11) is -3.73. The molecule has 20 heavy (non-hydrogen) atoms. The molecule has 7 heteroatoms. The predicted molar refractivity (Wildman–Crippen MR) is 78.5 cm³/mol. The largest absolute Gasteiger partial charge is 0.398 e. The molecule has 0 saturated heterocycles. The fourth-order valence-corrected chi connectivity index (χ4v) is 3.12. The lowest BCUT2D eigenvalue weighted by atomic mass is 10.2. The maximum atomic E-state index is 13.1. The molecule has 4 nitrogen and oxygen atoms in total. The van der Waals surface area contributed by atoms with Crippen molar-refractivity contribution in [2.75, 3.05) is 10.5 Å². The van der Waals surface area contributed by atoms with E-state index in [2.05, 4.69) is 4.72 Å². The first kappa shape index (κ1) is 14.6. The van der Waals surface area contributed by atoms with Crippen LogP contribution in [0.15, 0.2) is 42.5 Å². The smallest absolute Gasteiger partial charge is 0.237 e. The van der Waals surface area contributed by atoms with Crippen LogP contribution in [0.2, 0.25) is 5.02 Å². The van der Waals surface area contributed by atoms with Crippen molar-refractivity contribution in [3.05, 3.63) is 58.9 Å². The Kier molecular flexibility index (Phi) is 4.15. The van der Waals surface area contributed by atoms with E-state index in [1.165, 1.54) is 6.07 Å². The maximum absolute atomic E-state index is 13.1. The third-order valence-corrected chi connectivity index (χ3v) is 4.15. The van der Waals surface area contributed by atoms with Gasteiger partial charge in [-0.15, -0.1) is 0 Å². The standard InChI is InChI=1S/C13H12ClFN2O2S/c14-11-6-5-10(15)7-13(11)17-20(18,19)8-9-3-1-2-4-12(9)16/h1-7,17H,8,16H2. The average molecular weight is 315 g/mol. The Bertz CT molecular complexity index is 735. The Morgan fingerprint density at radius 3 is 2.60 bits per heavy atom. The maximum Gasteiger partial charge on any atom is 0.237 e. The first-order chi connectivity index (χ1) is 9.37. The van der Waals surface area contributed by atoms with Gasteiger partial charge in [0.15, 0.2) is 0 Å². The Hall–Kier alpha value is -1.79. The lowest BCUT2D eigenvalue weighted by Gasteiger charge is -2.11. The van der Waals surface area contributed by atoms with Crippen molar-refractivity contribution in [3.63, 3.8) is 0 Å². The van der Waals surface area contributed by atoms with Gasteiger partial charge in [-0.2, -0.15) is 0 Å². The number of hydrogen-bond acceptors (Lipinski definition) is 3. The first-order valence-corrected chi connectivity index (χ1v) is 7.69. The van der Waals surface area contributed by atoms with Crippen molar-refractivity contribution in [2.24, 2.45) is 0 Å². The van der Waals surface area contributed by atoms with Crippen LogP contribution in [-0.4, -0.2) is 8.42 Å². The summed E-state index contributed by atoms with van der Waals surface area (Å²) in [5.41, 5.74) is 6.54. The number of hydrogen-bond donors (Lipinski definition) is 2. The summed E-state index contributed by atoms with van der Waals surface area (Å²) in [6, 6.07) is 10.1. The number of sulfonamides is 1. The predicted octanol–water partition coefficient (Wildman–Crippen LogP) is 3.00. The third-order valence-electron chi connectivity index (χ3n) is 2.59. The number of para-hydroxylation sites is 1. The second-order valence-corrected chi connectivity index (χ2v) is 6.31. The molecule has 2 rings (SSSR count). The summed E-state index contributed by atoms with van der Waals surface area (Å²) in [6.07, 6.45) is 0. The van der Waals surface area contributed by atoms with E-state index in [1.807, 2.05) is 0 Å². The van der Waals surface area contributed by atoms with E-state index in [-0.39, 0.29) is 16.5 Å². The van der Waals surface area contributed by atoms with E-state index in [9.17, 15) is 12.8 Å². The number of benzene rings is 2. The molecule has 0 amide bonds. The number of halogens is 2. The molecule has 0 aliphatic carbocycles. The van der Waals surface area contributed by atoms with Gasteiger partial charge in [0.05, 0.1) is 16.5 Å². The van der Waals surface area contributed by atoms with Crippen LogP contribution in [0, 0.1) is 5.82 Å². The number of nitrogens with two attached hydrogens (primary N) is 1. The van der Waals surface area contributed by atoms with E-state index < -0.39 is 15.8 Å². The molecule has 0 fully saturated rings. The van der Waals surface area contributed by atoms with Gasteiger partial charge in [0.1, 0.15) is 5.82 Å². The van der Waals surface area contributed by atoms with Crippen molar-refractivity contribution >= 4 is 33.0 Å². The van der Waals surface area contributed by atoms with Gasteiger partial charge in [-0.05, 0) is 29.8 Å². The summed E-state index contributed by atoms with van der Waals surface area (Å²) in [5.74, 6) is -0.890. The molecule has 0 heterocycles. The number of nitrogens with one attached hydrogen (secondary N) is 1. The summed E-state index contributed by atoms with van der Waals surface area (Å²) in [5, 5.41) is 0.121. The van der Waals surface area contributed by atoms with Crippen molar-refractivity contribution in [2.45, 2.75) is 5.75 Å². The molecular formula is C13H12ClFN2O2S. The summed E-state index contributed by atoms with van der Waals surface area (Å²) < 4.78 is 39.4. The van der Waals surface area contributed by atoms with E-state index in [4.69, 9.17) is 17.3 Å². The molecule has 3 N–H and O–H groups in total. The van der Waals surface area contributed by atoms with Gasteiger partial charge in [0, 0.05) is 5.69 Å². The SMILES string of the molecule is Nc1ccccc1CS(=O)(=O)Nc1cc(F)ccc1Cl. The molecule has 0 saturated carbocycles. The van der Waals surface area contributed by atoms with Crippen LogP contribution in [0.5, 0.6) is 0 Å². The van der Waals surface area contributed by atoms with Crippen LogP contribution in [0.4, 0.5) is 15.8 Å². The number of rotatable bonds is 4. The van der Waals surface area contributed by atoms with Gasteiger partial charge in [-0.1, -0.05) is 29.8 Å². The van der Waals surface area contributed by atoms with Crippen LogP contribution in [-0.2, 0) is 15.8 Å².